The lowest BCUT2D eigenvalue weighted by atomic mass is 10.0. The predicted molar refractivity (Wildman–Crippen MR) is 110 cm³/mol. The third-order valence-corrected chi connectivity index (χ3v) is 5.14. The van der Waals surface area contributed by atoms with Gasteiger partial charge in [-0.3, -0.25) is 14.4 Å². The number of hydrogen-bond acceptors (Lipinski definition) is 5. The molecular weight excluding hydrogens is 405 g/mol. The SMILES string of the molecule is Cc1cn2nc(C(=O)N3CCC(NC(=O)COc4ccc(F)cc4)CC3)cc2c(=O)[nH]1. The molecule has 1 fully saturated rings. The van der Waals surface area contributed by atoms with Gasteiger partial charge in [0.1, 0.15) is 17.1 Å². The van der Waals surface area contributed by atoms with Crippen molar-refractivity contribution in [3.05, 3.63) is 64.1 Å². The van der Waals surface area contributed by atoms with Crippen LogP contribution in [0.15, 0.2) is 41.3 Å². The minimum absolute atomic E-state index is 0.0695. The second-order valence-corrected chi connectivity index (χ2v) is 7.50. The van der Waals surface area contributed by atoms with E-state index in [1.54, 1.807) is 18.0 Å². The van der Waals surface area contributed by atoms with Crippen LogP contribution in [0.5, 0.6) is 5.75 Å². The minimum Gasteiger partial charge on any atom is -0.484 e. The lowest BCUT2D eigenvalue weighted by Crippen LogP contribution is -2.47. The number of rotatable bonds is 5. The first-order chi connectivity index (χ1) is 14.9. The molecule has 2 N–H and O–H groups in total. The number of aryl methyl sites for hydroxylation is 1. The van der Waals surface area contributed by atoms with E-state index in [9.17, 15) is 18.8 Å². The van der Waals surface area contributed by atoms with E-state index in [0.717, 1.165) is 0 Å². The average Bonchev–Trinajstić information content (AvgIpc) is 3.18. The normalized spacial score (nSPS) is 14.6. The summed E-state index contributed by atoms with van der Waals surface area (Å²) in [6, 6.07) is 6.87. The number of piperidine rings is 1. The van der Waals surface area contributed by atoms with Gasteiger partial charge in [-0.25, -0.2) is 8.91 Å². The van der Waals surface area contributed by atoms with Crippen molar-refractivity contribution in [2.75, 3.05) is 19.7 Å². The van der Waals surface area contributed by atoms with E-state index in [1.165, 1.54) is 34.8 Å². The molecule has 10 heteroatoms. The summed E-state index contributed by atoms with van der Waals surface area (Å²) < 4.78 is 19.7. The van der Waals surface area contributed by atoms with Crippen LogP contribution < -0.4 is 15.6 Å². The maximum atomic E-state index is 12.9. The molecule has 1 saturated heterocycles. The van der Waals surface area contributed by atoms with Crippen molar-refractivity contribution < 1.29 is 18.7 Å². The number of H-pyrrole nitrogens is 1. The third kappa shape index (κ3) is 4.73. The Labute approximate surface area is 176 Å². The van der Waals surface area contributed by atoms with Crippen molar-refractivity contribution in [2.45, 2.75) is 25.8 Å². The molecule has 0 saturated carbocycles. The van der Waals surface area contributed by atoms with Crippen LogP contribution in [-0.4, -0.2) is 57.1 Å². The van der Waals surface area contributed by atoms with Crippen molar-refractivity contribution >= 4 is 17.3 Å². The van der Waals surface area contributed by atoms with Crippen molar-refractivity contribution in [1.29, 1.82) is 0 Å². The van der Waals surface area contributed by atoms with Crippen LogP contribution in [-0.2, 0) is 4.79 Å². The van der Waals surface area contributed by atoms with E-state index >= 15 is 0 Å². The van der Waals surface area contributed by atoms with Gasteiger partial charge in [0.15, 0.2) is 12.3 Å². The number of ether oxygens (including phenoxy) is 1. The molecule has 1 aliphatic heterocycles. The van der Waals surface area contributed by atoms with E-state index in [1.807, 2.05) is 0 Å². The zero-order valence-corrected chi connectivity index (χ0v) is 16.9. The molecule has 4 rings (SSSR count). The summed E-state index contributed by atoms with van der Waals surface area (Å²) >= 11 is 0. The maximum Gasteiger partial charge on any atom is 0.274 e. The van der Waals surface area contributed by atoms with Gasteiger partial charge in [0.25, 0.3) is 17.4 Å². The Kier molecular flexibility index (Phi) is 5.70. The first-order valence-electron chi connectivity index (χ1n) is 9.95. The molecule has 0 radical (unpaired) electrons. The van der Waals surface area contributed by atoms with E-state index in [2.05, 4.69) is 15.4 Å². The number of halogens is 1. The first-order valence-corrected chi connectivity index (χ1v) is 9.95. The van der Waals surface area contributed by atoms with Gasteiger partial charge in [0.05, 0.1) is 0 Å². The number of fused-ring (bicyclic) bond motifs is 1. The monoisotopic (exact) mass is 427 g/mol. The van der Waals surface area contributed by atoms with Crippen LogP contribution >= 0.6 is 0 Å². The smallest absolute Gasteiger partial charge is 0.274 e. The van der Waals surface area contributed by atoms with Crippen molar-refractivity contribution in [3.63, 3.8) is 0 Å². The van der Waals surface area contributed by atoms with Gasteiger partial charge >= 0.3 is 0 Å². The van der Waals surface area contributed by atoms with Crippen LogP contribution in [0.4, 0.5) is 4.39 Å². The number of aromatic nitrogens is 3. The third-order valence-electron chi connectivity index (χ3n) is 5.14. The highest BCUT2D eigenvalue weighted by molar-refractivity contribution is 5.93. The highest BCUT2D eigenvalue weighted by Crippen LogP contribution is 2.15. The second kappa shape index (κ2) is 8.58. The number of aromatic amines is 1. The molecule has 3 heterocycles. The number of benzene rings is 1. The predicted octanol–water partition coefficient (Wildman–Crippen LogP) is 1.27. The van der Waals surface area contributed by atoms with Crippen molar-refractivity contribution in [3.8, 4) is 5.75 Å². The standard InChI is InChI=1S/C21H22FN5O4/c1-13-11-27-18(20(29)23-13)10-17(25-27)21(30)26-8-6-15(7-9-26)24-19(28)12-31-16-4-2-14(22)3-5-16/h2-5,10-11,15H,6-9,12H2,1H3,(H,23,29)(H,24,28). The molecule has 0 unspecified atom stereocenters. The number of likely N-dealkylation sites (tertiary alicyclic amines) is 1. The van der Waals surface area contributed by atoms with Crippen molar-refractivity contribution in [2.24, 2.45) is 0 Å². The summed E-state index contributed by atoms with van der Waals surface area (Å²) in [7, 11) is 0. The molecule has 0 spiro atoms. The molecule has 162 valence electrons. The largest absolute Gasteiger partial charge is 0.484 e. The molecule has 2 amide bonds. The van der Waals surface area contributed by atoms with Crippen LogP contribution in [0.3, 0.4) is 0 Å². The summed E-state index contributed by atoms with van der Waals surface area (Å²) in [4.78, 5) is 41.3. The Morgan fingerprint density at radius 3 is 2.68 bits per heavy atom. The van der Waals surface area contributed by atoms with E-state index in [4.69, 9.17) is 4.74 Å². The first kappa shape index (κ1) is 20.6. The summed E-state index contributed by atoms with van der Waals surface area (Å²) in [6.45, 7) is 2.51. The summed E-state index contributed by atoms with van der Waals surface area (Å²) in [5, 5.41) is 7.12. The molecule has 3 aromatic rings. The fraction of sp³-hybridized carbons (Fsp3) is 0.333. The Balaban J connectivity index is 1.28. The average molecular weight is 427 g/mol. The second-order valence-electron chi connectivity index (χ2n) is 7.50. The number of carbonyl (C=O) groups is 2. The van der Waals surface area contributed by atoms with Crippen LogP contribution in [0.2, 0.25) is 0 Å². The molecule has 0 aliphatic carbocycles. The Hall–Kier alpha value is -3.69. The number of hydrogen-bond donors (Lipinski definition) is 2. The number of nitrogens with zero attached hydrogens (tertiary/aromatic N) is 3. The van der Waals surface area contributed by atoms with Crippen LogP contribution in [0.25, 0.3) is 5.52 Å². The molecule has 9 nitrogen and oxygen atoms in total. The fourth-order valence-electron chi connectivity index (χ4n) is 3.56. The Morgan fingerprint density at radius 1 is 1.26 bits per heavy atom. The number of nitrogens with one attached hydrogen (secondary N) is 2. The summed E-state index contributed by atoms with van der Waals surface area (Å²) in [5.74, 6) is -0.476. The topological polar surface area (TPSA) is 109 Å². The lowest BCUT2D eigenvalue weighted by molar-refractivity contribution is -0.124. The van der Waals surface area contributed by atoms with Gasteiger partial charge in [0.2, 0.25) is 0 Å². The van der Waals surface area contributed by atoms with E-state index in [-0.39, 0.29) is 41.5 Å². The zero-order chi connectivity index (χ0) is 22.0. The van der Waals surface area contributed by atoms with Crippen molar-refractivity contribution in [1.82, 2.24) is 24.8 Å². The molecule has 1 aromatic carbocycles. The summed E-state index contributed by atoms with van der Waals surface area (Å²) in [5.41, 5.74) is 0.888. The Bertz CT molecular complexity index is 1160. The highest BCUT2D eigenvalue weighted by atomic mass is 19.1. The lowest BCUT2D eigenvalue weighted by Gasteiger charge is -2.32. The quantitative estimate of drug-likeness (QED) is 0.638. The van der Waals surface area contributed by atoms with Crippen LogP contribution in [0.1, 0.15) is 29.0 Å². The fourth-order valence-corrected chi connectivity index (χ4v) is 3.56. The molecule has 2 aromatic heterocycles. The molecule has 31 heavy (non-hydrogen) atoms. The molecule has 0 bridgehead atoms. The minimum atomic E-state index is -0.372. The Morgan fingerprint density at radius 2 is 1.97 bits per heavy atom. The number of carbonyl (C=O) groups excluding carboxylic acids is 2. The van der Waals surface area contributed by atoms with Gasteiger partial charge in [-0.1, -0.05) is 0 Å². The molecule has 0 atom stereocenters. The number of amides is 2. The van der Waals surface area contributed by atoms with Gasteiger partial charge in [-0.05, 0) is 44.0 Å². The summed E-state index contributed by atoms with van der Waals surface area (Å²) in [6.07, 6.45) is 2.85. The van der Waals surface area contributed by atoms with Gasteiger partial charge in [-0.15, -0.1) is 0 Å². The molecule has 1 aliphatic rings. The van der Waals surface area contributed by atoms with Gasteiger partial charge in [0, 0.05) is 37.1 Å². The highest BCUT2D eigenvalue weighted by Gasteiger charge is 2.26. The zero-order valence-electron chi connectivity index (χ0n) is 16.9. The van der Waals surface area contributed by atoms with Crippen LogP contribution in [0, 0.1) is 12.7 Å². The maximum absolute atomic E-state index is 12.9. The van der Waals surface area contributed by atoms with Gasteiger partial charge in [-0.2, -0.15) is 5.10 Å². The van der Waals surface area contributed by atoms with Gasteiger partial charge < -0.3 is 19.9 Å². The van der Waals surface area contributed by atoms with E-state index < -0.39 is 0 Å². The molecular formula is C21H22FN5O4. The van der Waals surface area contributed by atoms with E-state index in [0.29, 0.717) is 42.9 Å².